The average Bonchev–Trinajstić information content (AvgIpc) is 3.40. The Kier molecular flexibility index (Phi) is 9.11. The van der Waals surface area contributed by atoms with E-state index >= 15 is 4.39 Å². The Labute approximate surface area is 239 Å². The fourth-order valence-electron chi connectivity index (χ4n) is 6.32. The molecule has 2 heterocycles. The zero-order chi connectivity index (χ0) is 28.1. The highest BCUT2D eigenvalue weighted by molar-refractivity contribution is 5.60. The van der Waals surface area contributed by atoms with Crippen molar-refractivity contribution in [3.8, 4) is 5.75 Å². The van der Waals surface area contributed by atoms with Crippen LogP contribution in [0.15, 0.2) is 59.1 Å². The van der Waals surface area contributed by atoms with Crippen molar-refractivity contribution < 1.29 is 9.13 Å². The number of rotatable bonds is 12. The molecule has 3 aliphatic rings. The predicted molar refractivity (Wildman–Crippen MR) is 161 cm³/mol. The highest BCUT2D eigenvalue weighted by Crippen LogP contribution is 2.43. The molecule has 4 N–H and O–H groups in total. The van der Waals surface area contributed by atoms with Gasteiger partial charge in [0.05, 0.1) is 13.4 Å². The number of unbranched alkanes of at least 4 members (excludes halogenated alkanes) is 1. The Bertz CT molecular complexity index is 1200. The van der Waals surface area contributed by atoms with E-state index in [0.29, 0.717) is 18.3 Å². The van der Waals surface area contributed by atoms with E-state index in [1.165, 1.54) is 30.4 Å². The van der Waals surface area contributed by atoms with Gasteiger partial charge in [-0.1, -0.05) is 62.6 Å². The van der Waals surface area contributed by atoms with E-state index in [2.05, 4.69) is 76.8 Å². The fourth-order valence-corrected chi connectivity index (χ4v) is 6.32. The number of ether oxygens (including phenoxy) is 1. The van der Waals surface area contributed by atoms with Crippen LogP contribution in [0.3, 0.4) is 0 Å². The maximum atomic E-state index is 15.9. The maximum Gasteiger partial charge on any atom is 0.179 e. The lowest BCUT2D eigenvalue weighted by Gasteiger charge is -2.33. The first kappa shape index (κ1) is 28.6. The molecule has 0 spiro atoms. The Hall–Kier alpha value is -2.90. The topological polar surface area (TPSA) is 74.9 Å². The van der Waals surface area contributed by atoms with Crippen LogP contribution in [-0.2, 0) is 13.0 Å². The molecule has 2 fully saturated rings. The van der Waals surface area contributed by atoms with Gasteiger partial charge in [0.2, 0.25) is 0 Å². The summed E-state index contributed by atoms with van der Waals surface area (Å²) in [4.78, 5) is 6.70. The van der Waals surface area contributed by atoms with E-state index < -0.39 is 6.17 Å². The van der Waals surface area contributed by atoms with Gasteiger partial charge in [-0.05, 0) is 74.1 Å². The van der Waals surface area contributed by atoms with Crippen molar-refractivity contribution in [3.63, 3.8) is 0 Å². The van der Waals surface area contributed by atoms with Crippen LogP contribution in [0.2, 0.25) is 0 Å². The van der Waals surface area contributed by atoms with Gasteiger partial charge in [0.1, 0.15) is 11.6 Å². The van der Waals surface area contributed by atoms with Crippen LogP contribution in [0.5, 0.6) is 5.75 Å². The van der Waals surface area contributed by atoms with E-state index in [1.54, 1.807) is 13.4 Å². The summed E-state index contributed by atoms with van der Waals surface area (Å²) >= 11 is 0. The fraction of sp³-hybridized carbons (Fsp3) is 0.545. The molecule has 1 aliphatic carbocycles. The highest BCUT2D eigenvalue weighted by Gasteiger charge is 2.37. The summed E-state index contributed by atoms with van der Waals surface area (Å²) in [7, 11) is 1.74. The van der Waals surface area contributed by atoms with Gasteiger partial charge in [0.25, 0.3) is 0 Å². The lowest BCUT2D eigenvalue weighted by atomic mass is 9.79. The monoisotopic (exact) mass is 547 g/mol. The number of benzene rings is 2. The smallest absolute Gasteiger partial charge is 0.179 e. The molecule has 40 heavy (non-hydrogen) atoms. The van der Waals surface area contributed by atoms with Gasteiger partial charge in [0, 0.05) is 30.2 Å². The number of nitrogens with two attached hydrogens (primary N) is 1. The minimum Gasteiger partial charge on any atom is -0.496 e. The third-order valence-corrected chi connectivity index (χ3v) is 8.89. The normalized spacial score (nSPS) is 23.0. The predicted octanol–water partition coefficient (Wildman–Crippen LogP) is 6.44. The Balaban J connectivity index is 1.24. The first-order chi connectivity index (χ1) is 19.4. The van der Waals surface area contributed by atoms with Crippen molar-refractivity contribution in [2.75, 3.05) is 13.7 Å². The van der Waals surface area contributed by atoms with Crippen molar-refractivity contribution in [1.82, 2.24) is 15.5 Å². The van der Waals surface area contributed by atoms with Gasteiger partial charge in [-0.2, -0.15) is 0 Å². The molecule has 2 aromatic rings. The van der Waals surface area contributed by atoms with E-state index in [0.717, 1.165) is 61.9 Å². The number of hydrogen-bond acceptors (Lipinski definition) is 6. The summed E-state index contributed by atoms with van der Waals surface area (Å²) < 4.78 is 21.7. The van der Waals surface area contributed by atoms with Crippen molar-refractivity contribution in [2.24, 2.45) is 10.7 Å². The molecule has 6 nitrogen and oxygen atoms in total. The number of likely N-dealkylation sites (tertiary alicyclic amines) is 1. The largest absolute Gasteiger partial charge is 0.496 e. The summed E-state index contributed by atoms with van der Waals surface area (Å²) in [5, 5.41) is 6.27. The van der Waals surface area contributed by atoms with Gasteiger partial charge in [-0.15, -0.1) is 0 Å². The van der Waals surface area contributed by atoms with Gasteiger partial charge in [-0.3, -0.25) is 4.90 Å². The van der Waals surface area contributed by atoms with Crippen molar-refractivity contribution >= 4 is 6.34 Å². The molecule has 0 radical (unpaired) electrons. The number of halogens is 1. The molecule has 0 amide bonds. The highest BCUT2D eigenvalue weighted by atomic mass is 19.1. The summed E-state index contributed by atoms with van der Waals surface area (Å²) in [6.45, 7) is 5.64. The summed E-state index contributed by atoms with van der Waals surface area (Å²) in [5.41, 5.74) is 11.1. The Morgan fingerprint density at radius 3 is 2.60 bits per heavy atom. The van der Waals surface area contributed by atoms with Crippen LogP contribution in [0, 0.1) is 0 Å². The number of methoxy groups -OCH3 is 1. The third-order valence-electron chi connectivity index (χ3n) is 8.89. The zero-order valence-electron chi connectivity index (χ0n) is 24.4. The minimum atomic E-state index is -0.653. The van der Waals surface area contributed by atoms with Crippen LogP contribution in [0.1, 0.15) is 99.4 Å². The Morgan fingerprint density at radius 2 is 1.90 bits per heavy atom. The molecule has 0 aromatic heterocycles. The van der Waals surface area contributed by atoms with Crippen molar-refractivity contribution in [1.29, 1.82) is 0 Å². The van der Waals surface area contributed by atoms with Crippen LogP contribution in [0.25, 0.3) is 0 Å². The minimum absolute atomic E-state index is 0.0655. The summed E-state index contributed by atoms with van der Waals surface area (Å²) in [6.07, 6.45) is 10.9. The lowest BCUT2D eigenvalue weighted by Crippen LogP contribution is -2.41. The molecule has 2 aromatic carbocycles. The second-order valence-corrected chi connectivity index (χ2v) is 12.1. The number of nitrogens with one attached hydrogen (secondary N) is 2. The second kappa shape index (κ2) is 12.7. The Morgan fingerprint density at radius 1 is 1.12 bits per heavy atom. The molecular formula is C33H46FN5O. The number of aliphatic imine (C=N–C) groups is 1. The van der Waals surface area contributed by atoms with Crippen LogP contribution >= 0.6 is 0 Å². The molecule has 3 unspecified atom stereocenters. The van der Waals surface area contributed by atoms with Crippen LogP contribution < -0.4 is 21.1 Å². The van der Waals surface area contributed by atoms with E-state index in [9.17, 15) is 0 Å². The van der Waals surface area contributed by atoms with Gasteiger partial charge in [0.15, 0.2) is 12.0 Å². The van der Waals surface area contributed by atoms with Gasteiger partial charge >= 0.3 is 0 Å². The van der Waals surface area contributed by atoms with E-state index in [1.807, 2.05) is 0 Å². The zero-order valence-corrected chi connectivity index (χ0v) is 24.4. The third kappa shape index (κ3) is 6.52. The molecule has 7 heteroatoms. The molecule has 5 rings (SSSR count). The molecule has 1 saturated heterocycles. The van der Waals surface area contributed by atoms with Crippen LogP contribution in [0.4, 0.5) is 4.39 Å². The molecule has 3 atom stereocenters. The quantitative estimate of drug-likeness (QED) is 0.285. The van der Waals surface area contributed by atoms with Gasteiger partial charge < -0.3 is 21.1 Å². The summed E-state index contributed by atoms with van der Waals surface area (Å²) in [6, 6.07) is 15.2. The number of hydrogen-bond donors (Lipinski definition) is 3. The lowest BCUT2D eigenvalue weighted by molar-refractivity contribution is 0.182. The summed E-state index contributed by atoms with van der Waals surface area (Å²) in [5.74, 6) is 1.67. The van der Waals surface area contributed by atoms with Crippen molar-refractivity contribution in [2.45, 2.75) is 102 Å². The standard InChI is InChI=1S/C33H46FN5O/c1-4-5-17-33(2,35)20-23-11-13-24(14-12-23)21-36-31-30(34)32(38-22-37-31)39-18-7-10-28(39)27-16-15-26(19-29(27)40-3)25-8-6-9-25/h11-16,19,22,25,28,32,36H,4-10,17-18,20-21,35H2,1-3H3,(H,37,38). The van der Waals surface area contributed by atoms with Crippen molar-refractivity contribution in [3.05, 3.63) is 76.4 Å². The molecule has 1 saturated carbocycles. The van der Waals surface area contributed by atoms with Gasteiger partial charge in [-0.25, -0.2) is 9.38 Å². The number of nitrogens with zero attached hydrogens (tertiary/aromatic N) is 2. The molecular weight excluding hydrogens is 501 g/mol. The molecule has 216 valence electrons. The first-order valence-electron chi connectivity index (χ1n) is 15.1. The first-order valence-corrected chi connectivity index (χ1v) is 15.1. The maximum absolute atomic E-state index is 15.9. The second-order valence-electron chi connectivity index (χ2n) is 12.1. The van der Waals surface area contributed by atoms with Crippen LogP contribution in [-0.4, -0.2) is 36.6 Å². The van der Waals surface area contributed by atoms with E-state index in [-0.39, 0.29) is 17.4 Å². The molecule has 0 bridgehead atoms. The SMILES string of the molecule is CCCCC(C)(N)Cc1ccc(CNC2=C(F)C(N3CCCC3c3ccc(C4CCC4)cc3OC)N=CN2)cc1. The average molecular weight is 548 g/mol. The molecule has 2 aliphatic heterocycles. The van der Waals surface area contributed by atoms with E-state index in [4.69, 9.17) is 10.5 Å².